The van der Waals surface area contributed by atoms with E-state index in [1.54, 1.807) is 59.5 Å². The second-order valence-corrected chi connectivity index (χ2v) is 9.11. The van der Waals surface area contributed by atoms with Crippen LogP contribution < -0.4 is 4.74 Å². The molecule has 1 aliphatic rings. The predicted molar refractivity (Wildman–Crippen MR) is 133 cm³/mol. The minimum Gasteiger partial charge on any atom is -0.486 e. The first-order chi connectivity index (χ1) is 17.4. The Morgan fingerprint density at radius 3 is 2.53 bits per heavy atom. The number of fused-ring (bicyclic) bond motifs is 1. The van der Waals surface area contributed by atoms with Crippen molar-refractivity contribution in [3.05, 3.63) is 82.5 Å². The van der Waals surface area contributed by atoms with Crippen molar-refractivity contribution in [1.29, 1.82) is 0 Å². The van der Waals surface area contributed by atoms with Crippen LogP contribution in [0.1, 0.15) is 32.5 Å². The molecule has 4 aromatic rings. The van der Waals surface area contributed by atoms with Gasteiger partial charge in [0.1, 0.15) is 23.9 Å². The van der Waals surface area contributed by atoms with E-state index in [4.69, 9.17) is 20.8 Å². The third-order valence-electron chi connectivity index (χ3n) is 6.31. The Morgan fingerprint density at radius 1 is 1.06 bits per heavy atom. The number of hydrogen-bond acceptors (Lipinski definition) is 6. The molecular weight excluding hydrogens is 484 g/mol. The number of imidazole rings is 1. The first-order valence-corrected chi connectivity index (χ1v) is 11.9. The fourth-order valence-electron chi connectivity index (χ4n) is 4.23. The van der Waals surface area contributed by atoms with Gasteiger partial charge >= 0.3 is 5.97 Å². The maximum absolute atomic E-state index is 12.9. The van der Waals surface area contributed by atoms with Gasteiger partial charge in [-0.05, 0) is 54.6 Å². The zero-order valence-corrected chi connectivity index (χ0v) is 20.4. The average molecular weight is 509 g/mol. The van der Waals surface area contributed by atoms with Gasteiger partial charge in [-0.15, -0.1) is 0 Å². The van der Waals surface area contributed by atoms with Crippen LogP contribution in [-0.2, 0) is 20.2 Å². The van der Waals surface area contributed by atoms with E-state index in [0.717, 1.165) is 16.9 Å². The highest BCUT2D eigenvalue weighted by atomic mass is 35.5. The predicted octanol–water partition coefficient (Wildman–Crippen LogP) is 4.05. The number of aromatic nitrogens is 2. The van der Waals surface area contributed by atoms with Gasteiger partial charge in [-0.3, -0.25) is 9.69 Å². The van der Waals surface area contributed by atoms with E-state index in [9.17, 15) is 14.7 Å². The number of ether oxygens (including phenoxy) is 1. The largest absolute Gasteiger partial charge is 0.486 e. The summed E-state index contributed by atoms with van der Waals surface area (Å²) in [6.45, 7) is 3.37. The Kier molecular flexibility index (Phi) is 6.67. The molecule has 1 amide bonds. The van der Waals surface area contributed by atoms with E-state index in [2.05, 4.69) is 9.88 Å². The van der Waals surface area contributed by atoms with Crippen LogP contribution >= 0.6 is 11.6 Å². The number of carbonyl (C=O) groups excluding carboxylic acids is 1. The molecular formula is C26H25ClN4O5. The van der Waals surface area contributed by atoms with Crippen molar-refractivity contribution in [2.24, 2.45) is 7.05 Å². The second kappa shape index (κ2) is 10.0. The van der Waals surface area contributed by atoms with Gasteiger partial charge in [0.25, 0.3) is 5.91 Å². The quantitative estimate of drug-likeness (QED) is 0.402. The van der Waals surface area contributed by atoms with E-state index < -0.39 is 5.97 Å². The molecule has 0 atom stereocenters. The van der Waals surface area contributed by atoms with E-state index in [1.165, 1.54) is 0 Å². The van der Waals surface area contributed by atoms with Crippen molar-refractivity contribution < 1.29 is 23.8 Å². The van der Waals surface area contributed by atoms with Crippen LogP contribution in [0.25, 0.3) is 11.0 Å². The summed E-state index contributed by atoms with van der Waals surface area (Å²) in [5.41, 5.74) is 1.79. The van der Waals surface area contributed by atoms with Crippen molar-refractivity contribution in [2.45, 2.75) is 13.2 Å². The molecule has 1 N–H and O–H groups in total. The number of benzene rings is 2. The zero-order valence-electron chi connectivity index (χ0n) is 19.7. The maximum atomic E-state index is 12.9. The lowest BCUT2D eigenvalue weighted by Crippen LogP contribution is -2.48. The maximum Gasteiger partial charge on any atom is 0.335 e. The molecule has 36 heavy (non-hydrogen) atoms. The molecule has 2 aromatic carbocycles. The van der Waals surface area contributed by atoms with Gasteiger partial charge in [0.15, 0.2) is 5.76 Å². The van der Waals surface area contributed by atoms with Gasteiger partial charge in [-0.25, -0.2) is 9.78 Å². The number of halogens is 1. The smallest absolute Gasteiger partial charge is 0.335 e. The number of aryl methyl sites for hydroxylation is 1. The van der Waals surface area contributed by atoms with Gasteiger partial charge in [0.05, 0.1) is 23.1 Å². The zero-order chi connectivity index (χ0) is 25.2. The first kappa shape index (κ1) is 23.9. The topological polar surface area (TPSA) is 101 Å². The molecule has 1 aliphatic heterocycles. The van der Waals surface area contributed by atoms with Gasteiger partial charge in [-0.1, -0.05) is 11.6 Å². The van der Waals surface area contributed by atoms with Gasteiger partial charge in [-0.2, -0.15) is 0 Å². The number of amides is 1. The van der Waals surface area contributed by atoms with Crippen molar-refractivity contribution in [2.75, 3.05) is 26.2 Å². The van der Waals surface area contributed by atoms with Crippen molar-refractivity contribution >= 4 is 34.5 Å². The highest BCUT2D eigenvalue weighted by Gasteiger charge is 2.25. The molecule has 0 spiro atoms. The molecule has 0 radical (unpaired) electrons. The van der Waals surface area contributed by atoms with Gasteiger partial charge in [0, 0.05) is 38.2 Å². The van der Waals surface area contributed by atoms with Crippen LogP contribution in [0.4, 0.5) is 0 Å². The number of carboxylic acids is 1. The van der Waals surface area contributed by atoms with Crippen molar-refractivity contribution in [1.82, 2.24) is 19.4 Å². The highest BCUT2D eigenvalue weighted by Crippen LogP contribution is 2.21. The number of nitrogens with zero attached hydrogens (tertiary/aromatic N) is 4. The standard InChI is InChI=1S/C26H25ClN4O5/c1-29-22-14-17(26(33)34)2-8-21(22)28-24(29)15-30-10-12-31(13-11-30)25(32)23-9-7-20(36-23)16-35-19-5-3-18(27)4-6-19/h2-9,14H,10-13,15-16H2,1H3,(H,33,34). The molecule has 3 heterocycles. The van der Waals surface area contributed by atoms with E-state index >= 15 is 0 Å². The summed E-state index contributed by atoms with van der Waals surface area (Å²) in [6.07, 6.45) is 0. The average Bonchev–Trinajstić information content (AvgIpc) is 3.48. The van der Waals surface area contributed by atoms with Crippen molar-refractivity contribution in [3.8, 4) is 5.75 Å². The minimum atomic E-state index is -0.960. The monoisotopic (exact) mass is 508 g/mol. The van der Waals surface area contributed by atoms with Crippen LogP contribution in [0, 0.1) is 0 Å². The summed E-state index contributed by atoms with van der Waals surface area (Å²) < 4.78 is 13.3. The number of carbonyl (C=O) groups is 2. The molecule has 10 heteroatoms. The van der Waals surface area contributed by atoms with Crippen molar-refractivity contribution in [3.63, 3.8) is 0 Å². The Balaban J connectivity index is 1.15. The summed E-state index contributed by atoms with van der Waals surface area (Å²) in [5.74, 6) is 1.28. The lowest BCUT2D eigenvalue weighted by molar-refractivity contribution is 0.0589. The molecule has 0 aliphatic carbocycles. The molecule has 0 unspecified atom stereocenters. The van der Waals surface area contributed by atoms with Gasteiger partial charge < -0.3 is 23.7 Å². The van der Waals surface area contributed by atoms with E-state index in [0.29, 0.717) is 55.0 Å². The normalized spacial score (nSPS) is 14.3. The summed E-state index contributed by atoms with van der Waals surface area (Å²) in [6, 6.07) is 15.4. The number of rotatable bonds is 7. The third-order valence-corrected chi connectivity index (χ3v) is 6.56. The SMILES string of the molecule is Cn1c(CN2CCN(C(=O)c3ccc(COc4ccc(Cl)cc4)o3)CC2)nc2ccc(C(=O)O)cc21. The summed E-state index contributed by atoms with van der Waals surface area (Å²) in [5, 5.41) is 9.89. The van der Waals surface area contributed by atoms with Crippen LogP contribution in [0.15, 0.2) is 59.0 Å². The highest BCUT2D eigenvalue weighted by molar-refractivity contribution is 6.30. The van der Waals surface area contributed by atoms with Crippen LogP contribution in [0.5, 0.6) is 5.75 Å². The summed E-state index contributed by atoms with van der Waals surface area (Å²) in [4.78, 5) is 32.9. The molecule has 9 nitrogen and oxygen atoms in total. The van der Waals surface area contributed by atoms with Gasteiger partial charge in [0.2, 0.25) is 0 Å². The molecule has 1 fully saturated rings. The number of piperazine rings is 1. The Morgan fingerprint density at radius 2 is 1.81 bits per heavy atom. The number of aromatic carboxylic acids is 1. The summed E-state index contributed by atoms with van der Waals surface area (Å²) in [7, 11) is 1.89. The fraction of sp³-hybridized carbons (Fsp3) is 0.269. The Bertz CT molecular complexity index is 1400. The number of carboxylic acid groups (broad SMARTS) is 1. The second-order valence-electron chi connectivity index (χ2n) is 8.67. The van der Waals surface area contributed by atoms with E-state index in [1.807, 2.05) is 11.6 Å². The Labute approximate surface area is 212 Å². The van der Waals surface area contributed by atoms with Crippen LogP contribution in [0.3, 0.4) is 0 Å². The molecule has 5 rings (SSSR count). The lowest BCUT2D eigenvalue weighted by Gasteiger charge is -2.34. The Hall–Kier alpha value is -3.82. The fourth-order valence-corrected chi connectivity index (χ4v) is 4.36. The minimum absolute atomic E-state index is 0.142. The molecule has 2 aromatic heterocycles. The van der Waals surface area contributed by atoms with Crippen LogP contribution in [0.2, 0.25) is 5.02 Å². The van der Waals surface area contributed by atoms with E-state index in [-0.39, 0.29) is 18.1 Å². The molecule has 0 bridgehead atoms. The molecule has 186 valence electrons. The van der Waals surface area contributed by atoms with Crippen LogP contribution in [-0.4, -0.2) is 62.5 Å². The third kappa shape index (κ3) is 5.07. The molecule has 1 saturated heterocycles. The molecule has 0 saturated carbocycles. The number of hydrogen-bond donors (Lipinski definition) is 1. The lowest BCUT2D eigenvalue weighted by atomic mass is 10.2. The first-order valence-electron chi connectivity index (χ1n) is 11.5. The summed E-state index contributed by atoms with van der Waals surface area (Å²) >= 11 is 5.89. The number of furan rings is 1.